The number of hydrogen-bond donors (Lipinski definition) is 0. The Hall–Kier alpha value is -2.61. The predicted molar refractivity (Wildman–Crippen MR) is 79.7 cm³/mol. The third-order valence-electron chi connectivity index (χ3n) is 3.55. The van der Waals surface area contributed by atoms with Crippen LogP contribution in [0, 0.1) is 5.82 Å². The Balaban J connectivity index is 1.98. The molecule has 8 heteroatoms. The van der Waals surface area contributed by atoms with Crippen LogP contribution in [0.15, 0.2) is 33.8 Å². The maximum Gasteiger partial charge on any atom is 0.262 e. The van der Waals surface area contributed by atoms with Crippen molar-refractivity contribution in [3.63, 3.8) is 0 Å². The number of nitrogens with zero attached hydrogens (tertiary/aromatic N) is 4. The zero-order valence-electron chi connectivity index (χ0n) is 12.7. The molecule has 0 amide bonds. The summed E-state index contributed by atoms with van der Waals surface area (Å²) >= 11 is 0. The van der Waals surface area contributed by atoms with Gasteiger partial charge in [-0.05, 0) is 19.1 Å². The van der Waals surface area contributed by atoms with Gasteiger partial charge in [0.15, 0.2) is 5.82 Å². The molecule has 0 bridgehead atoms. The van der Waals surface area contributed by atoms with Gasteiger partial charge in [0.1, 0.15) is 17.4 Å². The number of para-hydroxylation sites is 1. The SMILES string of the molecule is COCCc1noc(C(C)n2cnc3c(F)cccc3c2=O)n1. The summed E-state index contributed by atoms with van der Waals surface area (Å²) in [6.07, 6.45) is 1.81. The maximum atomic E-state index is 13.7. The lowest BCUT2D eigenvalue weighted by molar-refractivity contribution is 0.199. The van der Waals surface area contributed by atoms with Gasteiger partial charge in [-0.15, -0.1) is 0 Å². The fourth-order valence-electron chi connectivity index (χ4n) is 2.26. The van der Waals surface area contributed by atoms with E-state index in [-0.39, 0.29) is 22.4 Å². The Kier molecular flexibility index (Phi) is 4.16. The van der Waals surface area contributed by atoms with E-state index in [1.807, 2.05) is 0 Å². The van der Waals surface area contributed by atoms with Gasteiger partial charge in [0.2, 0.25) is 5.89 Å². The second kappa shape index (κ2) is 6.25. The third-order valence-corrected chi connectivity index (χ3v) is 3.55. The molecule has 0 saturated carbocycles. The minimum absolute atomic E-state index is 0.0484. The van der Waals surface area contributed by atoms with E-state index in [4.69, 9.17) is 9.26 Å². The first-order chi connectivity index (χ1) is 11.1. The Labute approximate surface area is 130 Å². The van der Waals surface area contributed by atoms with Crippen molar-refractivity contribution in [2.24, 2.45) is 0 Å². The van der Waals surface area contributed by atoms with Gasteiger partial charge >= 0.3 is 0 Å². The molecule has 0 spiro atoms. The zero-order chi connectivity index (χ0) is 16.4. The van der Waals surface area contributed by atoms with Crippen molar-refractivity contribution in [2.75, 3.05) is 13.7 Å². The molecule has 1 atom stereocenters. The van der Waals surface area contributed by atoms with Crippen LogP contribution < -0.4 is 5.56 Å². The van der Waals surface area contributed by atoms with E-state index in [1.54, 1.807) is 14.0 Å². The van der Waals surface area contributed by atoms with Crippen molar-refractivity contribution >= 4 is 10.9 Å². The summed E-state index contributed by atoms with van der Waals surface area (Å²) in [5.74, 6) is 0.261. The van der Waals surface area contributed by atoms with Crippen molar-refractivity contribution < 1.29 is 13.7 Å². The molecule has 0 fully saturated rings. The second-order valence-electron chi connectivity index (χ2n) is 5.06. The maximum absolute atomic E-state index is 13.7. The van der Waals surface area contributed by atoms with Crippen LogP contribution in [0.25, 0.3) is 10.9 Å². The largest absolute Gasteiger partial charge is 0.384 e. The van der Waals surface area contributed by atoms with E-state index in [1.165, 1.54) is 29.1 Å². The molecule has 0 radical (unpaired) electrons. The Morgan fingerprint density at radius 1 is 1.43 bits per heavy atom. The topological polar surface area (TPSA) is 83.0 Å². The molecule has 7 nitrogen and oxygen atoms in total. The molecule has 0 N–H and O–H groups in total. The van der Waals surface area contributed by atoms with Gasteiger partial charge in [-0.1, -0.05) is 11.2 Å². The van der Waals surface area contributed by atoms with Crippen LogP contribution >= 0.6 is 0 Å². The quantitative estimate of drug-likeness (QED) is 0.712. The van der Waals surface area contributed by atoms with Gasteiger partial charge in [-0.2, -0.15) is 4.98 Å². The third kappa shape index (κ3) is 2.85. The van der Waals surface area contributed by atoms with Crippen molar-refractivity contribution in [1.82, 2.24) is 19.7 Å². The van der Waals surface area contributed by atoms with Crippen LogP contribution in [-0.2, 0) is 11.2 Å². The summed E-state index contributed by atoms with van der Waals surface area (Å²) < 4.78 is 25.2. The summed E-state index contributed by atoms with van der Waals surface area (Å²) in [5.41, 5.74) is -0.314. The van der Waals surface area contributed by atoms with Crippen LogP contribution in [-0.4, -0.2) is 33.4 Å². The summed E-state index contributed by atoms with van der Waals surface area (Å²) in [6, 6.07) is 3.77. The van der Waals surface area contributed by atoms with E-state index in [2.05, 4.69) is 15.1 Å². The van der Waals surface area contributed by atoms with Crippen LogP contribution in [0.1, 0.15) is 24.7 Å². The standard InChI is InChI=1S/C15H15FN4O3/c1-9(14-18-12(19-23-14)6-7-22-2)20-8-17-13-10(15(20)21)4-3-5-11(13)16/h3-5,8-9H,6-7H2,1-2H3. The Morgan fingerprint density at radius 2 is 2.26 bits per heavy atom. The van der Waals surface area contributed by atoms with E-state index in [9.17, 15) is 9.18 Å². The molecule has 1 unspecified atom stereocenters. The molecule has 0 saturated heterocycles. The second-order valence-corrected chi connectivity index (χ2v) is 5.06. The van der Waals surface area contributed by atoms with Crippen LogP contribution in [0.4, 0.5) is 4.39 Å². The van der Waals surface area contributed by atoms with E-state index >= 15 is 0 Å². The van der Waals surface area contributed by atoms with Crippen LogP contribution in [0.5, 0.6) is 0 Å². The molecule has 3 rings (SSSR count). The molecule has 0 aliphatic carbocycles. The fraction of sp³-hybridized carbons (Fsp3) is 0.333. The van der Waals surface area contributed by atoms with Crippen molar-refractivity contribution in [3.8, 4) is 0 Å². The van der Waals surface area contributed by atoms with Crippen LogP contribution in [0.3, 0.4) is 0 Å². The minimum atomic E-state index is -0.529. The average Bonchev–Trinajstić information content (AvgIpc) is 3.02. The fourth-order valence-corrected chi connectivity index (χ4v) is 2.26. The number of aromatic nitrogens is 4. The van der Waals surface area contributed by atoms with Crippen LogP contribution in [0.2, 0.25) is 0 Å². The van der Waals surface area contributed by atoms with Crippen molar-refractivity contribution in [1.29, 1.82) is 0 Å². The number of fused-ring (bicyclic) bond motifs is 1. The van der Waals surface area contributed by atoms with E-state index in [0.717, 1.165) is 0 Å². The monoisotopic (exact) mass is 318 g/mol. The highest BCUT2D eigenvalue weighted by Crippen LogP contribution is 2.16. The number of benzene rings is 1. The van der Waals surface area contributed by atoms with Gasteiger partial charge in [-0.25, -0.2) is 9.37 Å². The first-order valence-corrected chi connectivity index (χ1v) is 7.08. The number of ether oxygens (including phenoxy) is 1. The lowest BCUT2D eigenvalue weighted by Crippen LogP contribution is -2.24. The molecular weight excluding hydrogens is 303 g/mol. The predicted octanol–water partition coefficient (Wildman–Crippen LogP) is 1.72. The van der Waals surface area contributed by atoms with Gasteiger partial charge in [-0.3, -0.25) is 9.36 Å². The van der Waals surface area contributed by atoms with E-state index in [0.29, 0.717) is 18.9 Å². The molecular formula is C15H15FN4O3. The van der Waals surface area contributed by atoms with Gasteiger partial charge < -0.3 is 9.26 Å². The minimum Gasteiger partial charge on any atom is -0.384 e. The number of rotatable bonds is 5. The molecule has 2 aromatic heterocycles. The first-order valence-electron chi connectivity index (χ1n) is 7.08. The molecule has 1 aromatic carbocycles. The number of halogens is 1. The van der Waals surface area contributed by atoms with Crippen molar-refractivity contribution in [3.05, 3.63) is 52.4 Å². The number of hydrogen-bond acceptors (Lipinski definition) is 6. The normalized spacial score (nSPS) is 12.7. The summed E-state index contributed by atoms with van der Waals surface area (Å²) in [4.78, 5) is 20.8. The molecule has 120 valence electrons. The summed E-state index contributed by atoms with van der Waals surface area (Å²) in [6.45, 7) is 2.21. The lowest BCUT2D eigenvalue weighted by atomic mass is 10.2. The summed E-state index contributed by atoms with van der Waals surface area (Å²) in [5, 5.41) is 4.05. The van der Waals surface area contributed by atoms with Gasteiger partial charge in [0.25, 0.3) is 5.56 Å². The lowest BCUT2D eigenvalue weighted by Gasteiger charge is -2.11. The first kappa shape index (κ1) is 15.3. The molecule has 3 aromatic rings. The number of methoxy groups -OCH3 is 1. The summed E-state index contributed by atoms with van der Waals surface area (Å²) in [7, 11) is 1.59. The average molecular weight is 318 g/mol. The molecule has 0 aliphatic rings. The molecule has 2 heterocycles. The molecule has 23 heavy (non-hydrogen) atoms. The molecule has 0 aliphatic heterocycles. The van der Waals surface area contributed by atoms with Gasteiger partial charge in [0, 0.05) is 13.5 Å². The highest BCUT2D eigenvalue weighted by Gasteiger charge is 2.19. The zero-order valence-corrected chi connectivity index (χ0v) is 12.7. The highest BCUT2D eigenvalue weighted by molar-refractivity contribution is 5.77. The Bertz CT molecular complexity index is 890. The van der Waals surface area contributed by atoms with E-state index < -0.39 is 11.9 Å². The Morgan fingerprint density at radius 3 is 3.04 bits per heavy atom. The smallest absolute Gasteiger partial charge is 0.262 e. The van der Waals surface area contributed by atoms with Crippen molar-refractivity contribution in [2.45, 2.75) is 19.4 Å². The highest BCUT2D eigenvalue weighted by atomic mass is 19.1. The van der Waals surface area contributed by atoms with Gasteiger partial charge in [0.05, 0.1) is 18.3 Å².